The van der Waals surface area contributed by atoms with Gasteiger partial charge in [0.1, 0.15) is 0 Å². The second kappa shape index (κ2) is 6.73. The summed E-state index contributed by atoms with van der Waals surface area (Å²) in [7, 11) is 0. The summed E-state index contributed by atoms with van der Waals surface area (Å²) < 4.78 is 1.81. The van der Waals surface area contributed by atoms with Gasteiger partial charge in [-0.1, -0.05) is 25.3 Å². The van der Waals surface area contributed by atoms with Gasteiger partial charge >= 0.3 is 0 Å². The van der Waals surface area contributed by atoms with E-state index in [2.05, 4.69) is 15.4 Å². The van der Waals surface area contributed by atoms with Crippen molar-refractivity contribution >= 4 is 5.91 Å². The summed E-state index contributed by atoms with van der Waals surface area (Å²) in [6, 6.07) is 5.89. The molecule has 0 bridgehead atoms. The monoisotopic (exact) mass is 327 g/mol. The molecule has 0 aliphatic heterocycles. The van der Waals surface area contributed by atoms with Crippen molar-refractivity contribution in [3.05, 3.63) is 41.3 Å². The maximum atomic E-state index is 12.4. The number of aryl methyl sites for hydroxylation is 2. The predicted molar refractivity (Wildman–Crippen MR) is 92.7 cm³/mol. The first-order valence-corrected chi connectivity index (χ1v) is 8.54. The maximum absolute atomic E-state index is 12.4. The van der Waals surface area contributed by atoms with E-state index in [0.29, 0.717) is 6.54 Å². The predicted octanol–water partition coefficient (Wildman–Crippen LogP) is 2.16. The van der Waals surface area contributed by atoms with Gasteiger partial charge in [0, 0.05) is 18.4 Å². The van der Waals surface area contributed by atoms with E-state index in [1.807, 2.05) is 36.7 Å². The molecule has 2 aromatic heterocycles. The van der Waals surface area contributed by atoms with E-state index < -0.39 is 5.54 Å². The molecule has 2 heterocycles. The highest BCUT2D eigenvalue weighted by atomic mass is 16.2. The van der Waals surface area contributed by atoms with Crippen molar-refractivity contribution in [2.45, 2.75) is 58.0 Å². The van der Waals surface area contributed by atoms with E-state index >= 15 is 0 Å². The summed E-state index contributed by atoms with van der Waals surface area (Å²) in [5.41, 5.74) is 8.51. The average molecular weight is 327 g/mol. The van der Waals surface area contributed by atoms with Crippen LogP contribution in [0.3, 0.4) is 0 Å². The topological polar surface area (TPSA) is 85.8 Å². The van der Waals surface area contributed by atoms with Crippen LogP contribution in [0.15, 0.2) is 24.4 Å². The van der Waals surface area contributed by atoms with Gasteiger partial charge in [-0.15, -0.1) is 0 Å². The Morgan fingerprint density at radius 1 is 1.29 bits per heavy atom. The summed E-state index contributed by atoms with van der Waals surface area (Å²) in [4.78, 5) is 16.8. The van der Waals surface area contributed by atoms with Crippen LogP contribution in [-0.2, 0) is 11.3 Å². The average Bonchev–Trinajstić information content (AvgIpc) is 2.92. The van der Waals surface area contributed by atoms with Crippen LogP contribution in [0, 0.1) is 13.8 Å². The van der Waals surface area contributed by atoms with Gasteiger partial charge in [0.05, 0.1) is 11.2 Å². The largest absolute Gasteiger partial charge is 0.350 e. The lowest BCUT2D eigenvalue weighted by molar-refractivity contribution is -0.127. The molecule has 0 saturated heterocycles. The van der Waals surface area contributed by atoms with Gasteiger partial charge in [-0.2, -0.15) is 5.10 Å². The third kappa shape index (κ3) is 3.48. The maximum Gasteiger partial charge on any atom is 0.240 e. The highest BCUT2D eigenvalue weighted by Crippen LogP contribution is 2.26. The Bertz CT molecular complexity index is 714. The number of hydrogen-bond donors (Lipinski definition) is 2. The molecule has 1 aliphatic carbocycles. The minimum Gasteiger partial charge on any atom is -0.350 e. The van der Waals surface area contributed by atoms with E-state index in [9.17, 15) is 4.79 Å². The first-order valence-electron chi connectivity index (χ1n) is 8.54. The molecule has 0 atom stereocenters. The van der Waals surface area contributed by atoms with Crippen LogP contribution in [0.5, 0.6) is 0 Å². The number of hydrogen-bond acceptors (Lipinski definition) is 4. The van der Waals surface area contributed by atoms with Crippen molar-refractivity contribution in [3.63, 3.8) is 0 Å². The van der Waals surface area contributed by atoms with Crippen molar-refractivity contribution in [2.75, 3.05) is 0 Å². The van der Waals surface area contributed by atoms with Gasteiger partial charge in [0.15, 0.2) is 5.82 Å². The summed E-state index contributed by atoms with van der Waals surface area (Å²) in [5, 5.41) is 7.38. The molecule has 6 heteroatoms. The molecular formula is C18H25N5O. The van der Waals surface area contributed by atoms with Gasteiger partial charge in [0.2, 0.25) is 5.91 Å². The quantitative estimate of drug-likeness (QED) is 0.901. The summed E-state index contributed by atoms with van der Waals surface area (Å²) in [5.74, 6) is 0.725. The molecule has 0 radical (unpaired) electrons. The van der Waals surface area contributed by atoms with E-state index in [4.69, 9.17) is 5.73 Å². The standard InChI is InChI=1S/C18H25N5O/c1-13-10-14(2)23(22-13)16-7-6-15(11-20-16)12-21-17(24)18(19)8-4-3-5-9-18/h6-7,10-11H,3-5,8-9,12,19H2,1-2H3,(H,21,24). The number of amides is 1. The third-order valence-electron chi connectivity index (χ3n) is 4.69. The first kappa shape index (κ1) is 16.6. The number of aromatic nitrogens is 3. The fourth-order valence-corrected chi connectivity index (χ4v) is 3.28. The van der Waals surface area contributed by atoms with Crippen molar-refractivity contribution in [1.29, 1.82) is 0 Å². The number of carbonyl (C=O) groups is 1. The molecule has 2 aromatic rings. The summed E-state index contributed by atoms with van der Waals surface area (Å²) in [6.45, 7) is 4.41. The molecule has 1 amide bonds. The first-order chi connectivity index (χ1) is 11.5. The zero-order valence-corrected chi connectivity index (χ0v) is 14.4. The van der Waals surface area contributed by atoms with Crippen LogP contribution < -0.4 is 11.1 Å². The van der Waals surface area contributed by atoms with Crippen LogP contribution in [0.2, 0.25) is 0 Å². The molecular weight excluding hydrogens is 302 g/mol. The molecule has 3 N–H and O–H groups in total. The van der Waals surface area contributed by atoms with Crippen molar-refractivity contribution < 1.29 is 4.79 Å². The highest BCUT2D eigenvalue weighted by molar-refractivity contribution is 5.86. The second-order valence-corrected chi connectivity index (χ2v) is 6.76. The van der Waals surface area contributed by atoms with Gasteiger partial charge in [0.25, 0.3) is 0 Å². The lowest BCUT2D eigenvalue weighted by Crippen LogP contribution is -2.54. The SMILES string of the molecule is Cc1cc(C)n(-c2ccc(CNC(=O)C3(N)CCCCC3)cn2)n1. The number of carbonyl (C=O) groups excluding carboxylic acids is 1. The van der Waals surface area contributed by atoms with Gasteiger partial charge in [-0.3, -0.25) is 4.79 Å². The zero-order valence-electron chi connectivity index (χ0n) is 14.4. The number of rotatable bonds is 4. The molecule has 1 aliphatic rings. The van der Waals surface area contributed by atoms with Crippen molar-refractivity contribution in [3.8, 4) is 5.82 Å². The Labute approximate surface area is 142 Å². The third-order valence-corrected chi connectivity index (χ3v) is 4.69. The fraction of sp³-hybridized carbons (Fsp3) is 0.500. The van der Waals surface area contributed by atoms with E-state index in [0.717, 1.165) is 48.5 Å². The lowest BCUT2D eigenvalue weighted by atomic mass is 9.82. The fourth-order valence-electron chi connectivity index (χ4n) is 3.28. The van der Waals surface area contributed by atoms with E-state index in [-0.39, 0.29) is 5.91 Å². The lowest BCUT2D eigenvalue weighted by Gasteiger charge is -2.31. The van der Waals surface area contributed by atoms with Crippen LogP contribution in [0.4, 0.5) is 0 Å². The Morgan fingerprint density at radius 3 is 2.62 bits per heavy atom. The number of pyridine rings is 1. The normalized spacial score (nSPS) is 16.8. The van der Waals surface area contributed by atoms with E-state index in [1.165, 1.54) is 6.42 Å². The zero-order chi connectivity index (χ0) is 17.2. The molecule has 24 heavy (non-hydrogen) atoms. The van der Waals surface area contributed by atoms with E-state index in [1.54, 1.807) is 6.20 Å². The molecule has 0 aromatic carbocycles. The number of nitrogens with zero attached hydrogens (tertiary/aromatic N) is 3. The second-order valence-electron chi connectivity index (χ2n) is 6.76. The van der Waals surface area contributed by atoms with Gasteiger partial charge in [-0.25, -0.2) is 9.67 Å². The van der Waals surface area contributed by atoms with Crippen molar-refractivity contribution in [1.82, 2.24) is 20.1 Å². The molecule has 0 unspecified atom stereocenters. The minimum atomic E-state index is -0.699. The molecule has 1 saturated carbocycles. The van der Waals surface area contributed by atoms with Crippen LogP contribution in [0.25, 0.3) is 5.82 Å². The molecule has 0 spiro atoms. The summed E-state index contributed by atoms with van der Waals surface area (Å²) in [6.07, 6.45) is 6.55. The Kier molecular flexibility index (Phi) is 4.66. The minimum absolute atomic E-state index is 0.0511. The van der Waals surface area contributed by atoms with Crippen LogP contribution in [0.1, 0.15) is 49.1 Å². The highest BCUT2D eigenvalue weighted by Gasteiger charge is 2.34. The van der Waals surface area contributed by atoms with Crippen molar-refractivity contribution in [2.24, 2.45) is 5.73 Å². The molecule has 128 valence electrons. The summed E-state index contributed by atoms with van der Waals surface area (Å²) >= 11 is 0. The molecule has 6 nitrogen and oxygen atoms in total. The van der Waals surface area contributed by atoms with Gasteiger partial charge < -0.3 is 11.1 Å². The smallest absolute Gasteiger partial charge is 0.240 e. The van der Waals surface area contributed by atoms with Gasteiger partial charge in [-0.05, 0) is 44.4 Å². The van der Waals surface area contributed by atoms with Crippen LogP contribution >= 0.6 is 0 Å². The Hall–Kier alpha value is -2.21. The number of nitrogens with one attached hydrogen (secondary N) is 1. The van der Waals surface area contributed by atoms with Crippen LogP contribution in [-0.4, -0.2) is 26.2 Å². The Morgan fingerprint density at radius 2 is 2.04 bits per heavy atom. The Balaban J connectivity index is 1.62. The number of nitrogens with two attached hydrogens (primary N) is 1. The molecule has 3 rings (SSSR count). The molecule has 1 fully saturated rings.